The zero-order valence-electron chi connectivity index (χ0n) is 11.4. The van der Waals surface area contributed by atoms with Gasteiger partial charge in [0.05, 0.1) is 23.4 Å². The lowest BCUT2D eigenvalue weighted by Gasteiger charge is -2.02. The summed E-state index contributed by atoms with van der Waals surface area (Å²) in [6, 6.07) is 12.1. The highest BCUT2D eigenvalue weighted by Gasteiger charge is 2.16. The van der Waals surface area contributed by atoms with E-state index in [0.717, 1.165) is 26.0 Å². The highest BCUT2D eigenvalue weighted by molar-refractivity contribution is 9.11. The normalized spacial score (nSPS) is 10.9. The van der Waals surface area contributed by atoms with Gasteiger partial charge in [-0.1, -0.05) is 0 Å². The third kappa shape index (κ3) is 2.58. The van der Waals surface area contributed by atoms with Crippen LogP contribution in [0.2, 0.25) is 0 Å². The molecule has 0 aliphatic carbocycles. The van der Waals surface area contributed by atoms with Crippen molar-refractivity contribution in [2.75, 3.05) is 14.2 Å². The van der Waals surface area contributed by atoms with Gasteiger partial charge >= 0.3 is 0 Å². The van der Waals surface area contributed by atoms with Crippen LogP contribution < -0.4 is 9.47 Å². The van der Waals surface area contributed by atoms with Crippen molar-refractivity contribution in [3.8, 4) is 21.9 Å². The quantitative estimate of drug-likeness (QED) is 0.501. The predicted molar refractivity (Wildman–Crippen MR) is 95.8 cm³/mol. The Hall–Kier alpha value is -1.04. The molecule has 0 atom stereocenters. The van der Waals surface area contributed by atoms with Crippen molar-refractivity contribution < 1.29 is 9.47 Å². The van der Waals surface area contributed by atoms with E-state index in [-0.39, 0.29) is 0 Å². The summed E-state index contributed by atoms with van der Waals surface area (Å²) in [6.07, 6.45) is 0. The van der Waals surface area contributed by atoms with Crippen LogP contribution in [0, 0.1) is 0 Å². The van der Waals surface area contributed by atoms with E-state index in [4.69, 9.17) is 9.47 Å². The Bertz CT molecular complexity index is 794. The lowest BCUT2D eigenvalue weighted by atomic mass is 10.1. The van der Waals surface area contributed by atoms with Crippen LogP contribution >= 0.6 is 43.2 Å². The van der Waals surface area contributed by atoms with Crippen LogP contribution in [0.4, 0.5) is 0 Å². The molecular formula is C16H12Br2O2S. The van der Waals surface area contributed by atoms with Crippen LogP contribution in [0.5, 0.6) is 11.5 Å². The Balaban J connectivity index is 2.18. The van der Waals surface area contributed by atoms with E-state index in [9.17, 15) is 0 Å². The topological polar surface area (TPSA) is 18.5 Å². The van der Waals surface area contributed by atoms with Crippen LogP contribution in [0.15, 0.2) is 45.3 Å². The largest absolute Gasteiger partial charge is 0.497 e. The van der Waals surface area contributed by atoms with Crippen molar-refractivity contribution in [3.05, 3.63) is 45.3 Å². The van der Waals surface area contributed by atoms with E-state index in [2.05, 4.69) is 50.1 Å². The van der Waals surface area contributed by atoms with Crippen molar-refractivity contribution in [1.29, 1.82) is 0 Å². The van der Waals surface area contributed by atoms with Gasteiger partial charge < -0.3 is 9.47 Å². The summed E-state index contributed by atoms with van der Waals surface area (Å²) in [5.74, 6) is 1.70. The van der Waals surface area contributed by atoms with Crippen molar-refractivity contribution in [3.63, 3.8) is 0 Å². The fraction of sp³-hybridized carbons (Fsp3) is 0.125. The summed E-state index contributed by atoms with van der Waals surface area (Å²) < 4.78 is 13.9. The predicted octanol–water partition coefficient (Wildman–Crippen LogP) is 6.11. The zero-order chi connectivity index (χ0) is 15.0. The Morgan fingerprint density at radius 2 is 1.57 bits per heavy atom. The van der Waals surface area contributed by atoms with Crippen LogP contribution in [0.25, 0.3) is 20.5 Å². The second-order valence-electron chi connectivity index (χ2n) is 4.43. The van der Waals surface area contributed by atoms with E-state index < -0.39 is 0 Å². The molecule has 21 heavy (non-hydrogen) atoms. The van der Waals surface area contributed by atoms with Gasteiger partial charge in [0.25, 0.3) is 0 Å². The summed E-state index contributed by atoms with van der Waals surface area (Å²) in [6.45, 7) is 0. The van der Waals surface area contributed by atoms with Crippen molar-refractivity contribution in [1.82, 2.24) is 0 Å². The molecule has 0 spiro atoms. The number of halogens is 2. The number of hydrogen-bond donors (Lipinski definition) is 0. The SMILES string of the molecule is COc1ccc(-c2sc3c(Br)c(OC)ccc3c2Br)cc1. The second-order valence-corrected chi connectivity index (χ2v) is 7.04. The van der Waals surface area contributed by atoms with Crippen LogP contribution in [0.3, 0.4) is 0 Å². The van der Waals surface area contributed by atoms with Gasteiger partial charge in [-0.3, -0.25) is 0 Å². The van der Waals surface area contributed by atoms with Gasteiger partial charge in [0.15, 0.2) is 0 Å². The van der Waals surface area contributed by atoms with E-state index in [1.54, 1.807) is 25.6 Å². The molecule has 3 aromatic rings. The lowest BCUT2D eigenvalue weighted by Crippen LogP contribution is -1.83. The van der Waals surface area contributed by atoms with Gasteiger partial charge in [-0.2, -0.15) is 0 Å². The number of rotatable bonds is 3. The molecule has 0 aliphatic heterocycles. The molecule has 0 saturated carbocycles. The van der Waals surface area contributed by atoms with E-state index in [1.165, 1.54) is 15.0 Å². The first-order chi connectivity index (χ1) is 10.2. The number of benzene rings is 2. The smallest absolute Gasteiger partial charge is 0.134 e. The van der Waals surface area contributed by atoms with E-state index in [1.807, 2.05) is 18.2 Å². The van der Waals surface area contributed by atoms with Crippen LogP contribution in [-0.2, 0) is 0 Å². The van der Waals surface area contributed by atoms with Crippen molar-refractivity contribution >= 4 is 53.3 Å². The molecule has 108 valence electrons. The summed E-state index contributed by atoms with van der Waals surface area (Å²) in [7, 11) is 3.35. The number of fused-ring (bicyclic) bond motifs is 1. The summed E-state index contributed by atoms with van der Waals surface area (Å²) in [5.41, 5.74) is 1.16. The molecule has 2 nitrogen and oxygen atoms in total. The minimum Gasteiger partial charge on any atom is -0.497 e. The third-order valence-electron chi connectivity index (χ3n) is 3.27. The van der Waals surface area contributed by atoms with Gasteiger partial charge in [-0.05, 0) is 73.8 Å². The van der Waals surface area contributed by atoms with Crippen LogP contribution in [-0.4, -0.2) is 14.2 Å². The second kappa shape index (κ2) is 5.99. The Labute approximate surface area is 144 Å². The van der Waals surface area contributed by atoms with Crippen molar-refractivity contribution in [2.24, 2.45) is 0 Å². The van der Waals surface area contributed by atoms with Gasteiger partial charge in [0, 0.05) is 14.7 Å². The average Bonchev–Trinajstić information content (AvgIpc) is 2.86. The lowest BCUT2D eigenvalue weighted by molar-refractivity contribution is 0.413. The van der Waals surface area contributed by atoms with Crippen LogP contribution in [0.1, 0.15) is 0 Å². The first-order valence-corrected chi connectivity index (χ1v) is 8.65. The van der Waals surface area contributed by atoms with Gasteiger partial charge in [-0.25, -0.2) is 0 Å². The average molecular weight is 428 g/mol. The molecule has 0 radical (unpaired) electrons. The molecule has 0 aliphatic rings. The molecule has 0 N–H and O–H groups in total. The molecule has 0 bridgehead atoms. The summed E-state index contributed by atoms with van der Waals surface area (Å²) in [4.78, 5) is 1.20. The van der Waals surface area contributed by atoms with E-state index >= 15 is 0 Å². The monoisotopic (exact) mass is 426 g/mol. The first-order valence-electron chi connectivity index (χ1n) is 6.24. The standard InChI is InChI=1S/C16H12Br2O2S/c1-19-10-5-3-9(4-6-10)15-13(17)11-7-8-12(20-2)14(18)16(11)21-15/h3-8H,1-2H3. The molecule has 5 heteroatoms. The molecular weight excluding hydrogens is 416 g/mol. The van der Waals surface area contributed by atoms with Gasteiger partial charge in [-0.15, -0.1) is 11.3 Å². The Morgan fingerprint density at radius 3 is 2.19 bits per heavy atom. The number of hydrogen-bond acceptors (Lipinski definition) is 3. The maximum absolute atomic E-state index is 5.37. The molecule has 2 aromatic carbocycles. The minimum absolute atomic E-state index is 0.845. The molecule has 0 unspecified atom stereocenters. The molecule has 3 rings (SSSR count). The maximum Gasteiger partial charge on any atom is 0.134 e. The summed E-state index contributed by atoms with van der Waals surface area (Å²) in [5, 5.41) is 1.18. The molecule has 0 amide bonds. The fourth-order valence-corrected chi connectivity index (χ4v) is 4.98. The fourth-order valence-electron chi connectivity index (χ4n) is 2.17. The van der Waals surface area contributed by atoms with E-state index in [0.29, 0.717) is 0 Å². The highest BCUT2D eigenvalue weighted by atomic mass is 79.9. The maximum atomic E-state index is 5.37. The molecule has 1 aromatic heterocycles. The van der Waals surface area contributed by atoms with Gasteiger partial charge in [0.2, 0.25) is 0 Å². The first kappa shape index (κ1) is 14.9. The highest BCUT2D eigenvalue weighted by Crippen LogP contribution is 2.47. The molecule has 1 heterocycles. The summed E-state index contributed by atoms with van der Waals surface area (Å²) >= 11 is 9.08. The Morgan fingerprint density at radius 1 is 0.857 bits per heavy atom. The Kier molecular flexibility index (Phi) is 4.24. The number of thiophene rings is 1. The zero-order valence-corrected chi connectivity index (χ0v) is 15.4. The number of methoxy groups -OCH3 is 2. The van der Waals surface area contributed by atoms with Crippen molar-refractivity contribution in [2.45, 2.75) is 0 Å². The number of ether oxygens (including phenoxy) is 2. The third-order valence-corrected chi connectivity index (χ3v) is 6.68. The molecule has 0 fully saturated rings. The minimum atomic E-state index is 0.845. The van der Waals surface area contributed by atoms with Gasteiger partial charge in [0.1, 0.15) is 11.5 Å². The molecule has 0 saturated heterocycles.